The Kier molecular flexibility index (Phi) is 6.23. The second-order valence-corrected chi connectivity index (χ2v) is 7.79. The van der Waals surface area contributed by atoms with Gasteiger partial charge in [0.05, 0.1) is 42.9 Å². The molecule has 0 N–H and O–H groups in total. The largest absolute Gasteiger partial charge is 0.468 e. The van der Waals surface area contributed by atoms with Crippen molar-refractivity contribution in [1.29, 1.82) is 0 Å². The van der Waals surface area contributed by atoms with Crippen molar-refractivity contribution in [2.24, 2.45) is 4.99 Å². The molecule has 0 aliphatic rings. The molecule has 150 valence electrons. The number of rotatable bonds is 4. The average Bonchev–Trinajstić information content (AvgIpc) is 3.02. The van der Waals surface area contributed by atoms with Crippen LogP contribution in [-0.4, -0.2) is 28.5 Å². The first-order valence-corrected chi connectivity index (χ1v) is 9.75. The van der Waals surface area contributed by atoms with E-state index in [1.807, 2.05) is 0 Å². The summed E-state index contributed by atoms with van der Waals surface area (Å²) in [5, 5.41) is 11.4. The lowest BCUT2D eigenvalue weighted by molar-refractivity contribution is -0.384. The molecule has 29 heavy (non-hydrogen) atoms. The lowest BCUT2D eigenvalue weighted by atomic mass is 10.2. The molecule has 8 nitrogen and oxygen atoms in total. The minimum atomic E-state index is -0.814. The number of methoxy groups -OCH3 is 1. The van der Waals surface area contributed by atoms with Crippen LogP contribution in [0.2, 0.25) is 15.1 Å². The van der Waals surface area contributed by atoms with Gasteiger partial charge in [-0.25, -0.2) is 0 Å². The van der Waals surface area contributed by atoms with Crippen LogP contribution in [0, 0.1) is 10.1 Å². The zero-order valence-corrected chi connectivity index (χ0v) is 17.6. The summed E-state index contributed by atoms with van der Waals surface area (Å²) in [5.74, 6) is -1.41. The van der Waals surface area contributed by atoms with Crippen molar-refractivity contribution in [3.63, 3.8) is 0 Å². The number of nitrogens with zero attached hydrogens (tertiary/aromatic N) is 3. The summed E-state index contributed by atoms with van der Waals surface area (Å²) in [6.45, 7) is -0.272. The molecule has 1 amide bonds. The second kappa shape index (κ2) is 8.50. The lowest BCUT2D eigenvalue weighted by Crippen LogP contribution is -2.22. The Bertz CT molecular complexity index is 1240. The van der Waals surface area contributed by atoms with Gasteiger partial charge in [-0.3, -0.25) is 19.7 Å². The van der Waals surface area contributed by atoms with E-state index < -0.39 is 16.8 Å². The van der Waals surface area contributed by atoms with E-state index in [4.69, 9.17) is 39.5 Å². The van der Waals surface area contributed by atoms with E-state index in [0.717, 1.165) is 17.4 Å². The summed E-state index contributed by atoms with van der Waals surface area (Å²) in [5.41, 5.74) is -0.0418. The molecule has 0 radical (unpaired) electrons. The first-order valence-electron chi connectivity index (χ1n) is 7.80. The van der Waals surface area contributed by atoms with Crippen molar-refractivity contribution < 1.29 is 19.2 Å². The Morgan fingerprint density at radius 2 is 1.90 bits per heavy atom. The molecule has 0 spiro atoms. The average molecular weight is 475 g/mol. The number of non-ortho nitro benzene ring substituents is 1. The minimum Gasteiger partial charge on any atom is -0.468 e. The van der Waals surface area contributed by atoms with Crippen LogP contribution < -0.4 is 4.80 Å². The first-order chi connectivity index (χ1) is 13.7. The molecular formula is C17H10Cl3N3O5S. The van der Waals surface area contributed by atoms with Gasteiger partial charge in [-0.2, -0.15) is 4.99 Å². The molecule has 12 heteroatoms. The highest BCUT2D eigenvalue weighted by atomic mass is 35.5. The molecule has 0 saturated heterocycles. The van der Waals surface area contributed by atoms with Gasteiger partial charge in [0, 0.05) is 12.1 Å². The summed E-state index contributed by atoms with van der Waals surface area (Å²) < 4.78 is 6.71. The molecule has 0 atom stereocenters. The van der Waals surface area contributed by atoms with Gasteiger partial charge in [-0.05, 0) is 18.2 Å². The first kappa shape index (κ1) is 21.3. The number of carbonyl (C=O) groups is 2. The molecule has 3 rings (SSSR count). The van der Waals surface area contributed by atoms with E-state index in [1.165, 1.54) is 23.8 Å². The van der Waals surface area contributed by atoms with Crippen molar-refractivity contribution in [2.75, 3.05) is 7.11 Å². The number of esters is 1. The predicted octanol–water partition coefficient (Wildman–Crippen LogP) is 4.49. The number of benzene rings is 2. The molecule has 1 heterocycles. The normalized spacial score (nSPS) is 11.7. The molecule has 0 unspecified atom stereocenters. The number of carbonyl (C=O) groups excluding carboxylic acids is 2. The van der Waals surface area contributed by atoms with Crippen LogP contribution in [0.5, 0.6) is 0 Å². The summed E-state index contributed by atoms with van der Waals surface area (Å²) in [6, 6.07) is 6.71. The van der Waals surface area contributed by atoms with Gasteiger partial charge in [0.25, 0.3) is 11.6 Å². The number of nitro groups is 1. The van der Waals surface area contributed by atoms with E-state index in [1.54, 1.807) is 12.1 Å². The highest BCUT2D eigenvalue weighted by Gasteiger charge is 2.19. The zero-order valence-electron chi connectivity index (χ0n) is 14.5. The van der Waals surface area contributed by atoms with Crippen LogP contribution in [0.15, 0.2) is 35.3 Å². The molecule has 0 fully saturated rings. The minimum absolute atomic E-state index is 0.00561. The number of amides is 1. The Hall–Kier alpha value is -2.46. The molecule has 0 aliphatic heterocycles. The number of thiazole rings is 1. The Morgan fingerprint density at radius 3 is 2.55 bits per heavy atom. The predicted molar refractivity (Wildman–Crippen MR) is 110 cm³/mol. The van der Waals surface area contributed by atoms with Gasteiger partial charge in [0.1, 0.15) is 6.54 Å². The maximum Gasteiger partial charge on any atom is 0.325 e. The number of aromatic nitrogens is 1. The molecule has 0 saturated carbocycles. The Labute approximate surface area is 182 Å². The van der Waals surface area contributed by atoms with Gasteiger partial charge in [0.15, 0.2) is 4.80 Å². The molecule has 2 aromatic carbocycles. The third-order valence-electron chi connectivity index (χ3n) is 3.84. The van der Waals surface area contributed by atoms with E-state index >= 15 is 0 Å². The molecule has 0 aliphatic carbocycles. The number of fused-ring (bicyclic) bond motifs is 1. The Balaban J connectivity index is 2.22. The van der Waals surface area contributed by atoms with Crippen LogP contribution in [0.4, 0.5) is 5.69 Å². The maximum atomic E-state index is 12.7. The fourth-order valence-electron chi connectivity index (χ4n) is 2.47. The van der Waals surface area contributed by atoms with Crippen LogP contribution in [-0.2, 0) is 16.1 Å². The number of hydrogen-bond donors (Lipinski definition) is 0. The van der Waals surface area contributed by atoms with E-state index in [-0.39, 0.29) is 37.7 Å². The van der Waals surface area contributed by atoms with E-state index in [0.29, 0.717) is 10.2 Å². The Morgan fingerprint density at radius 1 is 1.21 bits per heavy atom. The molecule has 1 aromatic heterocycles. The monoisotopic (exact) mass is 473 g/mol. The van der Waals surface area contributed by atoms with Gasteiger partial charge >= 0.3 is 5.97 Å². The summed E-state index contributed by atoms with van der Waals surface area (Å²) >= 11 is 19.5. The summed E-state index contributed by atoms with van der Waals surface area (Å²) in [6.07, 6.45) is 0. The highest BCUT2D eigenvalue weighted by molar-refractivity contribution is 7.16. The SMILES string of the molecule is COC(=O)Cn1c(=NC(=O)c2cc([N+](=O)[O-])ccc2Cl)sc2ccc(Cl)c(Cl)c21. The van der Waals surface area contributed by atoms with Crippen LogP contribution >= 0.6 is 46.1 Å². The molecule has 0 bridgehead atoms. The third kappa shape index (κ3) is 4.27. The maximum absolute atomic E-state index is 12.7. The molecular weight excluding hydrogens is 465 g/mol. The highest BCUT2D eigenvalue weighted by Crippen LogP contribution is 2.32. The fourth-order valence-corrected chi connectivity index (χ4v) is 4.18. The smallest absolute Gasteiger partial charge is 0.325 e. The van der Waals surface area contributed by atoms with E-state index in [2.05, 4.69) is 4.99 Å². The van der Waals surface area contributed by atoms with Gasteiger partial charge < -0.3 is 9.30 Å². The topological polar surface area (TPSA) is 104 Å². The van der Waals surface area contributed by atoms with Crippen molar-refractivity contribution in [1.82, 2.24) is 4.57 Å². The summed E-state index contributed by atoms with van der Waals surface area (Å²) in [7, 11) is 1.22. The zero-order chi connectivity index (χ0) is 21.3. The standard InChI is InChI=1S/C17H10Cl3N3O5S/c1-28-13(24)7-22-15-12(5-4-11(19)14(15)20)29-17(22)21-16(25)9-6-8(23(26)27)2-3-10(9)18/h2-6H,7H2,1H3. The van der Waals surface area contributed by atoms with Crippen LogP contribution in [0.3, 0.4) is 0 Å². The van der Waals surface area contributed by atoms with Gasteiger partial charge in [-0.15, -0.1) is 0 Å². The second-order valence-electron chi connectivity index (χ2n) is 5.59. The molecule has 3 aromatic rings. The van der Waals surface area contributed by atoms with Gasteiger partial charge in [-0.1, -0.05) is 46.1 Å². The van der Waals surface area contributed by atoms with Crippen molar-refractivity contribution >= 4 is 73.9 Å². The number of nitro benzene ring substituents is 1. The quantitative estimate of drug-likeness (QED) is 0.315. The van der Waals surface area contributed by atoms with Crippen molar-refractivity contribution in [3.8, 4) is 0 Å². The number of hydrogen-bond acceptors (Lipinski definition) is 6. The third-order valence-corrected chi connectivity index (χ3v) is 6.00. The number of halogens is 3. The summed E-state index contributed by atoms with van der Waals surface area (Å²) in [4.78, 5) is 39.0. The fraction of sp³-hybridized carbons (Fsp3) is 0.118. The van der Waals surface area contributed by atoms with Crippen molar-refractivity contribution in [3.05, 3.63) is 65.9 Å². The van der Waals surface area contributed by atoms with E-state index in [9.17, 15) is 19.7 Å². The van der Waals surface area contributed by atoms with Crippen molar-refractivity contribution in [2.45, 2.75) is 6.54 Å². The number of ether oxygens (including phenoxy) is 1. The van der Waals surface area contributed by atoms with Gasteiger partial charge in [0.2, 0.25) is 0 Å². The lowest BCUT2D eigenvalue weighted by Gasteiger charge is -2.06. The van der Waals surface area contributed by atoms with Crippen LogP contribution in [0.25, 0.3) is 10.2 Å². The van der Waals surface area contributed by atoms with Crippen LogP contribution in [0.1, 0.15) is 10.4 Å².